The molecule has 0 rings (SSSR count). The van der Waals surface area contributed by atoms with E-state index >= 15 is 0 Å². The van der Waals surface area contributed by atoms with Crippen LogP contribution in [0.15, 0.2) is 122 Å². The van der Waals surface area contributed by atoms with E-state index in [2.05, 4.69) is 142 Å². The lowest BCUT2D eigenvalue weighted by Gasteiger charge is -2.18. The molecule has 1 atom stereocenters. The Kier molecular flexibility index (Phi) is 54.0. The van der Waals surface area contributed by atoms with Crippen molar-refractivity contribution in [2.24, 2.45) is 0 Å². The van der Waals surface area contributed by atoms with Crippen LogP contribution in [0.1, 0.15) is 245 Å². The molecule has 1 unspecified atom stereocenters. The van der Waals surface area contributed by atoms with Gasteiger partial charge in [0.05, 0.1) is 0 Å². The number of hydrogen-bond donors (Lipinski definition) is 0. The van der Waals surface area contributed by atoms with Gasteiger partial charge in [0.25, 0.3) is 0 Å². The Hall–Kier alpha value is -4.19. The van der Waals surface area contributed by atoms with Crippen LogP contribution in [0.2, 0.25) is 0 Å². The van der Waals surface area contributed by atoms with Gasteiger partial charge in [-0.2, -0.15) is 0 Å². The van der Waals surface area contributed by atoms with E-state index in [1.165, 1.54) is 109 Å². The van der Waals surface area contributed by atoms with E-state index < -0.39 is 6.10 Å². The number of esters is 3. The number of allylic oxidation sites excluding steroid dienone is 20. The second kappa shape index (κ2) is 57.4. The predicted octanol–water partition coefficient (Wildman–Crippen LogP) is 19.3. The second-order valence-corrected chi connectivity index (χ2v) is 18.6. The largest absolute Gasteiger partial charge is 0.462 e. The van der Waals surface area contributed by atoms with E-state index in [-0.39, 0.29) is 44.0 Å². The summed E-state index contributed by atoms with van der Waals surface area (Å²) in [5.74, 6) is -1.06. The number of hydrogen-bond acceptors (Lipinski definition) is 6. The molecule has 6 heteroatoms. The van der Waals surface area contributed by atoms with Gasteiger partial charge in [0.1, 0.15) is 13.2 Å². The number of carbonyl (C=O) groups is 3. The highest BCUT2D eigenvalue weighted by molar-refractivity contribution is 5.71. The van der Waals surface area contributed by atoms with Crippen molar-refractivity contribution in [3.05, 3.63) is 122 Å². The van der Waals surface area contributed by atoms with Gasteiger partial charge in [0.15, 0.2) is 6.10 Å². The first kappa shape index (κ1) is 65.8. The minimum atomic E-state index is -0.839. The minimum absolute atomic E-state index is 0.129. The van der Waals surface area contributed by atoms with Gasteiger partial charge >= 0.3 is 17.9 Å². The van der Waals surface area contributed by atoms with E-state index in [1.807, 2.05) is 0 Å². The lowest BCUT2D eigenvalue weighted by molar-refractivity contribution is -0.167. The molecule has 0 heterocycles. The normalized spacial score (nSPS) is 13.0. The maximum Gasteiger partial charge on any atom is 0.306 e. The predicted molar refractivity (Wildman–Crippen MR) is 302 cm³/mol. The van der Waals surface area contributed by atoms with Crippen molar-refractivity contribution in [2.45, 2.75) is 252 Å². The van der Waals surface area contributed by atoms with Crippen LogP contribution >= 0.6 is 0 Å². The van der Waals surface area contributed by atoms with Crippen LogP contribution in [0.4, 0.5) is 0 Å². The average Bonchev–Trinajstić information content (AvgIpc) is 3.36. The average molecular weight is 970 g/mol. The zero-order valence-electron chi connectivity index (χ0n) is 45.2. The smallest absolute Gasteiger partial charge is 0.306 e. The Morgan fingerprint density at radius 2 is 0.586 bits per heavy atom. The van der Waals surface area contributed by atoms with Crippen molar-refractivity contribution < 1.29 is 28.6 Å². The maximum atomic E-state index is 12.8. The molecule has 0 radical (unpaired) electrons. The molecule has 0 aromatic carbocycles. The molecule has 0 aromatic heterocycles. The number of rotatable bonds is 50. The summed E-state index contributed by atoms with van der Waals surface area (Å²) in [7, 11) is 0. The molecular formula is C64H104O6. The third-order valence-electron chi connectivity index (χ3n) is 11.8. The molecule has 0 saturated heterocycles. The van der Waals surface area contributed by atoms with Crippen molar-refractivity contribution in [1.29, 1.82) is 0 Å². The third-order valence-corrected chi connectivity index (χ3v) is 11.8. The second-order valence-electron chi connectivity index (χ2n) is 18.6. The van der Waals surface area contributed by atoms with Crippen LogP contribution in [0, 0.1) is 0 Å². The summed E-state index contributed by atoms with van der Waals surface area (Å²) in [5, 5.41) is 0. The minimum Gasteiger partial charge on any atom is -0.462 e. The Morgan fingerprint density at radius 1 is 0.300 bits per heavy atom. The zero-order valence-corrected chi connectivity index (χ0v) is 45.2. The molecular weight excluding hydrogens is 865 g/mol. The molecule has 0 aromatic rings. The van der Waals surface area contributed by atoms with Crippen molar-refractivity contribution in [3.63, 3.8) is 0 Å². The fourth-order valence-electron chi connectivity index (χ4n) is 7.43. The fourth-order valence-corrected chi connectivity index (χ4v) is 7.43. The summed E-state index contributed by atoms with van der Waals surface area (Å²) in [5.41, 5.74) is 0. The fraction of sp³-hybridized carbons (Fsp3) is 0.641. The maximum absolute atomic E-state index is 12.8. The lowest BCUT2D eigenvalue weighted by atomic mass is 10.1. The number of unbranched alkanes of at least 4 members (excludes halogenated alkanes) is 22. The molecule has 0 aliphatic rings. The summed E-state index contributed by atoms with van der Waals surface area (Å²) in [6.45, 7) is 6.48. The van der Waals surface area contributed by atoms with E-state index in [4.69, 9.17) is 14.2 Å². The van der Waals surface area contributed by atoms with Crippen LogP contribution in [-0.2, 0) is 28.6 Å². The molecule has 0 fully saturated rings. The zero-order chi connectivity index (χ0) is 50.7. The molecule has 0 saturated carbocycles. The summed E-state index contributed by atoms with van der Waals surface area (Å²) < 4.78 is 16.7. The first-order valence-corrected chi connectivity index (χ1v) is 28.6. The summed E-state index contributed by atoms with van der Waals surface area (Å²) in [6, 6.07) is 0. The molecule has 0 bridgehead atoms. The molecule has 0 aliphatic carbocycles. The molecule has 70 heavy (non-hydrogen) atoms. The van der Waals surface area contributed by atoms with Crippen LogP contribution < -0.4 is 0 Å². The third kappa shape index (κ3) is 54.7. The van der Waals surface area contributed by atoms with E-state index in [0.29, 0.717) is 19.3 Å². The van der Waals surface area contributed by atoms with Gasteiger partial charge in [0, 0.05) is 19.3 Å². The first-order chi connectivity index (χ1) is 34.5. The highest BCUT2D eigenvalue weighted by Crippen LogP contribution is 2.12. The Balaban J connectivity index is 4.61. The van der Waals surface area contributed by atoms with E-state index in [0.717, 1.165) is 83.5 Å². The van der Waals surface area contributed by atoms with E-state index in [9.17, 15) is 14.4 Å². The molecule has 0 amide bonds. The van der Waals surface area contributed by atoms with Crippen LogP contribution in [0.3, 0.4) is 0 Å². The molecule has 0 aliphatic heterocycles. The topological polar surface area (TPSA) is 78.9 Å². The Labute approximate surface area is 431 Å². The van der Waals surface area contributed by atoms with Crippen molar-refractivity contribution in [1.82, 2.24) is 0 Å². The first-order valence-electron chi connectivity index (χ1n) is 28.6. The summed E-state index contributed by atoms with van der Waals surface area (Å²) >= 11 is 0. The van der Waals surface area contributed by atoms with Crippen molar-refractivity contribution in [3.8, 4) is 0 Å². The SMILES string of the molecule is CCCCC\C=C/C=C\C=C/C=C\CCCCCCCC(=O)OCC(COC(=O)CCC/C=C\C/C=C\C/C=C\CCCCCCCC)OC(=O)CCC/C=C\C/C=C\C/C=C\CCCCCCCC. The molecule has 6 nitrogen and oxygen atoms in total. The van der Waals surface area contributed by atoms with Crippen molar-refractivity contribution >= 4 is 17.9 Å². The Bertz CT molecular complexity index is 1490. The molecule has 396 valence electrons. The van der Waals surface area contributed by atoms with Gasteiger partial charge in [0.2, 0.25) is 0 Å². The molecule has 0 spiro atoms. The quantitative estimate of drug-likeness (QED) is 0.0199. The van der Waals surface area contributed by atoms with Crippen LogP contribution in [0.5, 0.6) is 0 Å². The van der Waals surface area contributed by atoms with Crippen LogP contribution in [0.25, 0.3) is 0 Å². The van der Waals surface area contributed by atoms with Crippen molar-refractivity contribution in [2.75, 3.05) is 13.2 Å². The lowest BCUT2D eigenvalue weighted by Crippen LogP contribution is -2.30. The van der Waals surface area contributed by atoms with Gasteiger partial charge in [-0.15, -0.1) is 0 Å². The van der Waals surface area contributed by atoms with Gasteiger partial charge < -0.3 is 14.2 Å². The summed E-state index contributed by atoms with van der Waals surface area (Å²) in [4.78, 5) is 38.1. The van der Waals surface area contributed by atoms with Gasteiger partial charge in [-0.25, -0.2) is 0 Å². The monoisotopic (exact) mass is 969 g/mol. The highest BCUT2D eigenvalue weighted by atomic mass is 16.6. The van der Waals surface area contributed by atoms with Gasteiger partial charge in [-0.1, -0.05) is 239 Å². The van der Waals surface area contributed by atoms with Gasteiger partial charge in [-0.3, -0.25) is 14.4 Å². The number of ether oxygens (including phenoxy) is 3. The molecule has 0 N–H and O–H groups in total. The number of carbonyl (C=O) groups excluding carboxylic acids is 3. The van der Waals surface area contributed by atoms with Crippen LogP contribution in [-0.4, -0.2) is 37.2 Å². The van der Waals surface area contributed by atoms with E-state index in [1.54, 1.807) is 0 Å². The highest BCUT2D eigenvalue weighted by Gasteiger charge is 2.19. The standard InChI is InChI=1S/C64H104O6/c1-4-7-10-13-16-19-22-25-28-31-34-36-39-42-45-48-51-54-57-63(66)69-60-61(70-64(67)58-55-52-49-46-43-40-37-33-30-27-24-21-18-15-12-9-6-3)59-68-62(65)56-53-50-47-44-41-38-35-32-29-26-23-20-17-14-11-8-5-2/h16,19,22,25-31,34-38,40,44,46-47,49,61H,4-15,17-18,20-21,23-24,32-33,39,41-43,45,48,50-60H2,1-3H3/b19-16-,25-22-,29-26-,30-27-,31-28-,36-34-,38-35-,40-37-,47-44-,49-46-. The summed E-state index contributed by atoms with van der Waals surface area (Å²) in [6.07, 6.45) is 79.1. The van der Waals surface area contributed by atoms with Gasteiger partial charge in [-0.05, 0) is 109 Å². The Morgan fingerprint density at radius 3 is 1.01 bits per heavy atom.